The number of hydrogen-bond acceptors (Lipinski definition) is 4. The molecule has 1 saturated heterocycles. The van der Waals surface area contributed by atoms with E-state index >= 15 is 0 Å². The van der Waals surface area contributed by atoms with Crippen molar-refractivity contribution in [2.75, 3.05) is 13.1 Å². The van der Waals surface area contributed by atoms with Gasteiger partial charge in [-0.1, -0.05) is 19.6 Å². The van der Waals surface area contributed by atoms with E-state index in [4.69, 9.17) is 15.7 Å². The van der Waals surface area contributed by atoms with Gasteiger partial charge in [0.2, 0.25) is 0 Å². The second kappa shape index (κ2) is 7.73. The molecule has 4 heterocycles. The van der Waals surface area contributed by atoms with Crippen LogP contribution >= 0.6 is 0 Å². The van der Waals surface area contributed by atoms with E-state index in [1.165, 1.54) is 18.2 Å². The van der Waals surface area contributed by atoms with Crippen molar-refractivity contribution in [3.63, 3.8) is 0 Å². The van der Waals surface area contributed by atoms with Gasteiger partial charge >= 0.3 is 0 Å². The summed E-state index contributed by atoms with van der Waals surface area (Å²) in [6, 6.07) is 13.1. The summed E-state index contributed by atoms with van der Waals surface area (Å²) in [5, 5.41) is 1.17. The minimum atomic E-state index is 0.206. The van der Waals surface area contributed by atoms with Gasteiger partial charge in [-0.3, -0.25) is 0 Å². The van der Waals surface area contributed by atoms with E-state index in [-0.39, 0.29) is 6.04 Å². The van der Waals surface area contributed by atoms with Crippen LogP contribution in [0.15, 0.2) is 49.2 Å². The molecule has 0 bridgehead atoms. The van der Waals surface area contributed by atoms with Crippen LogP contribution in [0.1, 0.15) is 31.7 Å². The Morgan fingerprint density at radius 1 is 1.18 bits per heavy atom. The van der Waals surface area contributed by atoms with Crippen LogP contribution in [0.25, 0.3) is 39.3 Å². The Hall–Kier alpha value is -3.12. The first-order valence-electron chi connectivity index (χ1n) is 12.1. The molecule has 0 amide bonds. The van der Waals surface area contributed by atoms with Gasteiger partial charge in [-0.25, -0.2) is 9.97 Å². The summed E-state index contributed by atoms with van der Waals surface area (Å²) >= 11 is 0. The number of nitrogens with two attached hydrogens (primary N) is 1. The molecule has 4 aromatic rings. The minimum absolute atomic E-state index is 0.206. The molecule has 1 aromatic carbocycles. The standard InChI is InChI=1S/C27H32N6/c1-17-11-22(28)16-32(14-17)18(2)20-8-9-24-23(12-20)30-27(31(24)3)25-13-21-5-4-10-29-26(21)33(25)15-19-6-7-19/h4-5,8-10,12-13,17,19,22H,2,6-7,11,14-16,28H2,1,3H3/t17-,22-/m0/s1. The number of rotatable bonds is 5. The Balaban J connectivity index is 1.40. The number of piperidine rings is 1. The summed E-state index contributed by atoms with van der Waals surface area (Å²) in [5.41, 5.74) is 12.8. The summed E-state index contributed by atoms with van der Waals surface area (Å²) in [4.78, 5) is 12.1. The van der Waals surface area contributed by atoms with Crippen LogP contribution in [0.4, 0.5) is 0 Å². The summed E-state index contributed by atoms with van der Waals surface area (Å²) in [7, 11) is 2.11. The molecule has 2 atom stereocenters. The molecule has 1 aliphatic heterocycles. The van der Waals surface area contributed by atoms with E-state index in [0.717, 1.165) is 71.4 Å². The first kappa shape index (κ1) is 20.5. The van der Waals surface area contributed by atoms with Gasteiger partial charge in [-0.2, -0.15) is 0 Å². The largest absolute Gasteiger partial charge is 0.370 e. The number of imidazole rings is 1. The molecule has 6 nitrogen and oxygen atoms in total. The van der Waals surface area contributed by atoms with E-state index in [9.17, 15) is 0 Å². The van der Waals surface area contributed by atoms with Crippen LogP contribution in [-0.4, -0.2) is 43.1 Å². The van der Waals surface area contributed by atoms with E-state index in [0.29, 0.717) is 5.92 Å². The number of pyridine rings is 1. The van der Waals surface area contributed by atoms with Crippen molar-refractivity contribution < 1.29 is 0 Å². The van der Waals surface area contributed by atoms with Crippen LogP contribution in [0, 0.1) is 11.8 Å². The molecule has 6 heteroatoms. The summed E-state index contributed by atoms with van der Waals surface area (Å²) < 4.78 is 4.57. The van der Waals surface area contributed by atoms with Crippen molar-refractivity contribution in [1.82, 2.24) is 24.0 Å². The predicted molar refractivity (Wildman–Crippen MR) is 135 cm³/mol. The maximum absolute atomic E-state index is 6.29. The lowest BCUT2D eigenvalue weighted by molar-refractivity contribution is 0.235. The average molecular weight is 441 g/mol. The van der Waals surface area contributed by atoms with Crippen molar-refractivity contribution in [1.29, 1.82) is 0 Å². The Bertz CT molecular complexity index is 1350. The second-order valence-corrected chi connectivity index (χ2v) is 10.2. The highest BCUT2D eigenvalue weighted by atomic mass is 15.2. The molecule has 1 saturated carbocycles. The van der Waals surface area contributed by atoms with Gasteiger partial charge in [-0.15, -0.1) is 0 Å². The zero-order chi connectivity index (χ0) is 22.7. The molecule has 0 unspecified atom stereocenters. The smallest absolute Gasteiger partial charge is 0.157 e. The summed E-state index contributed by atoms with van der Waals surface area (Å²) in [6.07, 6.45) is 5.57. The summed E-state index contributed by atoms with van der Waals surface area (Å²) in [6.45, 7) is 9.56. The second-order valence-electron chi connectivity index (χ2n) is 10.2. The normalized spacial score (nSPS) is 21.2. The maximum Gasteiger partial charge on any atom is 0.157 e. The predicted octanol–water partition coefficient (Wildman–Crippen LogP) is 4.64. The highest BCUT2D eigenvalue weighted by Crippen LogP contribution is 2.36. The fraction of sp³-hybridized carbons (Fsp3) is 0.407. The molecular weight excluding hydrogens is 408 g/mol. The van der Waals surface area contributed by atoms with Crippen LogP contribution in [0.5, 0.6) is 0 Å². The third kappa shape index (κ3) is 3.62. The van der Waals surface area contributed by atoms with Crippen molar-refractivity contribution >= 4 is 27.8 Å². The molecule has 6 rings (SSSR count). The zero-order valence-electron chi connectivity index (χ0n) is 19.5. The van der Waals surface area contributed by atoms with Gasteiger partial charge in [-0.05, 0) is 67.0 Å². The van der Waals surface area contributed by atoms with Crippen molar-refractivity contribution in [2.45, 2.75) is 38.8 Å². The number of hydrogen-bond donors (Lipinski definition) is 1. The monoisotopic (exact) mass is 440 g/mol. The molecule has 1 aliphatic carbocycles. The molecule has 2 N–H and O–H groups in total. The van der Waals surface area contributed by atoms with Gasteiger partial charge in [0.25, 0.3) is 0 Å². The number of aryl methyl sites for hydroxylation is 1. The van der Waals surface area contributed by atoms with Crippen LogP contribution < -0.4 is 5.73 Å². The molecule has 2 aliphatic rings. The van der Waals surface area contributed by atoms with Crippen LogP contribution in [-0.2, 0) is 13.6 Å². The Morgan fingerprint density at radius 2 is 2.03 bits per heavy atom. The quantitative estimate of drug-likeness (QED) is 0.491. The third-order valence-corrected chi connectivity index (χ3v) is 7.31. The molecule has 33 heavy (non-hydrogen) atoms. The fourth-order valence-corrected chi connectivity index (χ4v) is 5.43. The van der Waals surface area contributed by atoms with Gasteiger partial charge < -0.3 is 19.8 Å². The van der Waals surface area contributed by atoms with Gasteiger partial charge in [0.15, 0.2) is 5.82 Å². The van der Waals surface area contributed by atoms with Gasteiger partial charge in [0.1, 0.15) is 5.65 Å². The lowest BCUT2D eigenvalue weighted by Gasteiger charge is -2.37. The number of fused-ring (bicyclic) bond motifs is 2. The van der Waals surface area contributed by atoms with Gasteiger partial charge in [0, 0.05) is 50.0 Å². The molecular formula is C27H32N6. The van der Waals surface area contributed by atoms with E-state index in [1.54, 1.807) is 0 Å². The van der Waals surface area contributed by atoms with Gasteiger partial charge in [0.05, 0.1) is 16.7 Å². The molecule has 0 radical (unpaired) electrons. The number of nitrogens with zero attached hydrogens (tertiary/aromatic N) is 5. The molecule has 170 valence electrons. The third-order valence-electron chi connectivity index (χ3n) is 7.31. The Kier molecular flexibility index (Phi) is 4.80. The highest BCUT2D eigenvalue weighted by molar-refractivity contribution is 5.87. The van der Waals surface area contributed by atoms with Crippen LogP contribution in [0.2, 0.25) is 0 Å². The fourth-order valence-electron chi connectivity index (χ4n) is 5.43. The maximum atomic E-state index is 6.29. The number of benzene rings is 1. The SMILES string of the molecule is C=C(c1ccc2c(c1)nc(-c1cc3cccnc3n1CC1CC1)n2C)N1C[C@@H](C)C[C@H](N)C1. The number of aromatic nitrogens is 4. The first-order chi connectivity index (χ1) is 16.0. The molecule has 3 aromatic heterocycles. The summed E-state index contributed by atoms with van der Waals surface area (Å²) in [5.74, 6) is 2.32. The molecule has 2 fully saturated rings. The van der Waals surface area contributed by atoms with Crippen molar-refractivity contribution in [3.05, 3.63) is 54.7 Å². The topological polar surface area (TPSA) is 64.9 Å². The van der Waals surface area contributed by atoms with E-state index in [1.807, 2.05) is 12.3 Å². The number of likely N-dealkylation sites (tertiary alicyclic amines) is 1. The highest BCUT2D eigenvalue weighted by Gasteiger charge is 2.26. The lowest BCUT2D eigenvalue weighted by Crippen LogP contribution is -2.45. The Labute approximate surface area is 194 Å². The zero-order valence-corrected chi connectivity index (χ0v) is 19.5. The van der Waals surface area contributed by atoms with E-state index < -0.39 is 0 Å². The van der Waals surface area contributed by atoms with Crippen molar-refractivity contribution in [3.8, 4) is 11.5 Å². The first-order valence-corrected chi connectivity index (χ1v) is 12.1. The minimum Gasteiger partial charge on any atom is -0.370 e. The van der Waals surface area contributed by atoms with E-state index in [2.05, 4.69) is 64.9 Å². The van der Waals surface area contributed by atoms with Crippen molar-refractivity contribution in [2.24, 2.45) is 24.6 Å². The average Bonchev–Trinajstić information content (AvgIpc) is 3.47. The molecule has 0 spiro atoms. The lowest BCUT2D eigenvalue weighted by atomic mass is 9.95. The van der Waals surface area contributed by atoms with Crippen LogP contribution in [0.3, 0.4) is 0 Å². The Morgan fingerprint density at radius 3 is 2.82 bits per heavy atom.